The van der Waals surface area contributed by atoms with Crippen molar-refractivity contribution in [1.29, 1.82) is 0 Å². The highest BCUT2D eigenvalue weighted by molar-refractivity contribution is 5.93. The smallest absolute Gasteiger partial charge is 0.262 e. The second kappa shape index (κ2) is 8.08. The summed E-state index contributed by atoms with van der Waals surface area (Å²) < 4.78 is 7.40. The van der Waals surface area contributed by atoms with E-state index in [2.05, 4.69) is 5.32 Å². The van der Waals surface area contributed by atoms with Crippen LogP contribution in [0.3, 0.4) is 0 Å². The van der Waals surface area contributed by atoms with Gasteiger partial charge in [-0.25, -0.2) is 0 Å². The molecule has 0 bridgehead atoms. The van der Waals surface area contributed by atoms with Crippen LogP contribution in [0.2, 0.25) is 0 Å². The van der Waals surface area contributed by atoms with E-state index in [1.54, 1.807) is 29.0 Å². The number of anilines is 1. The van der Waals surface area contributed by atoms with E-state index in [4.69, 9.17) is 4.74 Å². The Kier molecular flexibility index (Phi) is 5.60. The number of amides is 1. The number of hydrogen-bond donors (Lipinski definition) is 1. The maximum absolute atomic E-state index is 12.5. The van der Waals surface area contributed by atoms with Crippen LogP contribution in [0.5, 0.6) is 5.75 Å². The second-order valence-electron chi connectivity index (χ2n) is 6.69. The van der Waals surface area contributed by atoms with Crippen LogP contribution >= 0.6 is 0 Å². The molecule has 0 aliphatic carbocycles. The molecular formula is C22H24N2O3. The van der Waals surface area contributed by atoms with Crippen molar-refractivity contribution in [2.75, 3.05) is 11.9 Å². The molecule has 0 saturated heterocycles. The lowest BCUT2D eigenvalue weighted by molar-refractivity contribution is -0.118. The van der Waals surface area contributed by atoms with E-state index in [1.807, 2.05) is 45.0 Å². The van der Waals surface area contributed by atoms with Crippen molar-refractivity contribution in [1.82, 2.24) is 4.57 Å². The van der Waals surface area contributed by atoms with Crippen LogP contribution in [0.25, 0.3) is 10.8 Å². The van der Waals surface area contributed by atoms with Crippen LogP contribution in [0, 0.1) is 13.8 Å². The standard InChI is InChI=1S/C22H24N2O3/c1-4-11-24-12-10-17-18(22(24)26)6-5-7-20(17)27-14-21(25)23-19-9-8-15(2)13-16(19)3/h5-10,12-13H,4,11,14H2,1-3H3,(H,23,25). The van der Waals surface area contributed by atoms with Crippen molar-refractivity contribution in [2.45, 2.75) is 33.7 Å². The summed E-state index contributed by atoms with van der Waals surface area (Å²) in [6, 6.07) is 13.1. The van der Waals surface area contributed by atoms with Gasteiger partial charge >= 0.3 is 0 Å². The Morgan fingerprint density at radius 2 is 1.93 bits per heavy atom. The van der Waals surface area contributed by atoms with Gasteiger partial charge in [0, 0.05) is 23.8 Å². The van der Waals surface area contributed by atoms with E-state index >= 15 is 0 Å². The van der Waals surface area contributed by atoms with Crippen LogP contribution in [-0.4, -0.2) is 17.1 Å². The van der Waals surface area contributed by atoms with Gasteiger partial charge in [0.05, 0.1) is 5.39 Å². The topological polar surface area (TPSA) is 60.3 Å². The van der Waals surface area contributed by atoms with Crippen LogP contribution in [0.15, 0.2) is 53.5 Å². The summed E-state index contributed by atoms with van der Waals surface area (Å²) in [7, 11) is 0. The predicted octanol–water partition coefficient (Wildman–Crippen LogP) is 4.05. The molecule has 1 heterocycles. The minimum absolute atomic E-state index is 0.0421. The number of carbonyl (C=O) groups is 1. The number of aromatic nitrogens is 1. The van der Waals surface area contributed by atoms with Crippen molar-refractivity contribution in [3.8, 4) is 5.75 Å². The summed E-state index contributed by atoms with van der Waals surface area (Å²) in [4.78, 5) is 24.8. The molecule has 2 aromatic carbocycles. The molecule has 140 valence electrons. The van der Waals surface area contributed by atoms with E-state index < -0.39 is 0 Å². The summed E-state index contributed by atoms with van der Waals surface area (Å²) in [5.41, 5.74) is 2.88. The zero-order valence-electron chi connectivity index (χ0n) is 15.9. The van der Waals surface area contributed by atoms with Crippen LogP contribution in [-0.2, 0) is 11.3 Å². The van der Waals surface area contributed by atoms with E-state index in [-0.39, 0.29) is 18.1 Å². The van der Waals surface area contributed by atoms with Crippen molar-refractivity contribution >= 4 is 22.4 Å². The highest BCUT2D eigenvalue weighted by Gasteiger charge is 2.10. The molecule has 0 saturated carbocycles. The highest BCUT2D eigenvalue weighted by atomic mass is 16.5. The summed E-state index contributed by atoms with van der Waals surface area (Å²) in [5, 5.41) is 4.18. The van der Waals surface area contributed by atoms with Gasteiger partial charge in [-0.1, -0.05) is 30.7 Å². The summed E-state index contributed by atoms with van der Waals surface area (Å²) in [5.74, 6) is 0.294. The van der Waals surface area contributed by atoms with E-state index in [0.717, 1.165) is 23.2 Å². The molecule has 3 rings (SSSR count). The molecule has 0 aliphatic heterocycles. The van der Waals surface area contributed by atoms with E-state index in [1.165, 1.54) is 0 Å². The molecule has 0 unspecified atom stereocenters. The molecule has 0 atom stereocenters. The number of carbonyl (C=O) groups excluding carboxylic acids is 1. The molecule has 0 spiro atoms. The molecule has 3 aromatic rings. The van der Waals surface area contributed by atoms with Crippen LogP contribution < -0.4 is 15.6 Å². The lowest BCUT2D eigenvalue weighted by Crippen LogP contribution is -2.21. The fourth-order valence-electron chi connectivity index (χ4n) is 3.12. The Bertz CT molecular complexity index is 1040. The first-order valence-corrected chi connectivity index (χ1v) is 9.11. The zero-order valence-corrected chi connectivity index (χ0v) is 15.9. The van der Waals surface area contributed by atoms with Gasteiger partial charge in [-0.05, 0) is 50.1 Å². The third-order valence-electron chi connectivity index (χ3n) is 4.46. The maximum Gasteiger partial charge on any atom is 0.262 e. The number of nitrogens with zero attached hydrogens (tertiary/aromatic N) is 1. The Morgan fingerprint density at radius 3 is 2.67 bits per heavy atom. The SMILES string of the molecule is CCCn1ccc2c(OCC(=O)Nc3ccc(C)cc3C)cccc2c1=O. The van der Waals surface area contributed by atoms with Crippen molar-refractivity contribution < 1.29 is 9.53 Å². The van der Waals surface area contributed by atoms with Gasteiger partial charge in [0.25, 0.3) is 11.5 Å². The number of rotatable bonds is 6. The first-order chi connectivity index (χ1) is 13.0. The average Bonchev–Trinajstić information content (AvgIpc) is 2.65. The Labute approximate surface area is 158 Å². The molecule has 0 aliphatic rings. The Morgan fingerprint density at radius 1 is 1.11 bits per heavy atom. The molecule has 1 amide bonds. The van der Waals surface area contributed by atoms with E-state index in [0.29, 0.717) is 23.1 Å². The number of pyridine rings is 1. The van der Waals surface area contributed by atoms with Crippen LogP contribution in [0.1, 0.15) is 24.5 Å². The molecule has 0 radical (unpaired) electrons. The quantitative estimate of drug-likeness (QED) is 0.718. The summed E-state index contributed by atoms with van der Waals surface area (Å²) in [6.45, 7) is 6.55. The van der Waals surface area contributed by atoms with E-state index in [9.17, 15) is 9.59 Å². The largest absolute Gasteiger partial charge is 0.483 e. The molecule has 0 fully saturated rings. The Hall–Kier alpha value is -3.08. The first kappa shape index (κ1) is 18.7. The summed E-state index contributed by atoms with van der Waals surface area (Å²) >= 11 is 0. The fraction of sp³-hybridized carbons (Fsp3) is 0.273. The number of fused-ring (bicyclic) bond motifs is 1. The number of hydrogen-bond acceptors (Lipinski definition) is 3. The van der Waals surface area contributed by atoms with Crippen molar-refractivity contribution in [2.24, 2.45) is 0 Å². The number of nitrogens with one attached hydrogen (secondary N) is 1. The monoisotopic (exact) mass is 364 g/mol. The minimum atomic E-state index is -0.238. The van der Waals surface area contributed by atoms with Crippen LogP contribution in [0.4, 0.5) is 5.69 Å². The molecule has 1 aromatic heterocycles. The Balaban J connectivity index is 1.76. The zero-order chi connectivity index (χ0) is 19.4. The number of benzene rings is 2. The van der Waals surface area contributed by atoms with Gasteiger partial charge in [-0.3, -0.25) is 9.59 Å². The van der Waals surface area contributed by atoms with Crippen molar-refractivity contribution in [3.63, 3.8) is 0 Å². The first-order valence-electron chi connectivity index (χ1n) is 9.11. The minimum Gasteiger partial charge on any atom is -0.483 e. The third kappa shape index (κ3) is 4.19. The van der Waals surface area contributed by atoms with Gasteiger partial charge < -0.3 is 14.6 Å². The summed E-state index contributed by atoms with van der Waals surface area (Å²) in [6.07, 6.45) is 2.66. The normalized spacial score (nSPS) is 10.8. The number of ether oxygens (including phenoxy) is 1. The van der Waals surface area contributed by atoms with Gasteiger partial charge in [0.1, 0.15) is 5.75 Å². The van der Waals surface area contributed by atoms with Gasteiger partial charge in [0.15, 0.2) is 6.61 Å². The third-order valence-corrected chi connectivity index (χ3v) is 4.46. The number of aryl methyl sites for hydroxylation is 3. The predicted molar refractivity (Wildman–Crippen MR) is 109 cm³/mol. The van der Waals surface area contributed by atoms with Gasteiger partial charge in [0.2, 0.25) is 0 Å². The fourth-order valence-corrected chi connectivity index (χ4v) is 3.12. The lowest BCUT2D eigenvalue weighted by atomic mass is 10.1. The molecule has 1 N–H and O–H groups in total. The van der Waals surface area contributed by atoms with Crippen molar-refractivity contribution in [3.05, 3.63) is 70.1 Å². The maximum atomic E-state index is 12.5. The molecular weight excluding hydrogens is 340 g/mol. The molecule has 27 heavy (non-hydrogen) atoms. The lowest BCUT2D eigenvalue weighted by Gasteiger charge is -2.12. The molecule has 5 heteroatoms. The second-order valence-corrected chi connectivity index (χ2v) is 6.69. The molecule has 5 nitrogen and oxygen atoms in total. The van der Waals surface area contributed by atoms with Gasteiger partial charge in [-0.2, -0.15) is 0 Å². The van der Waals surface area contributed by atoms with Gasteiger partial charge in [-0.15, -0.1) is 0 Å². The highest BCUT2D eigenvalue weighted by Crippen LogP contribution is 2.23. The average molecular weight is 364 g/mol.